The topological polar surface area (TPSA) is 56.6 Å². The van der Waals surface area contributed by atoms with E-state index in [1.165, 1.54) is 12.8 Å². The number of carbonyl (C=O) groups excluding carboxylic acids is 1. The molecular formula is C19H25N3O2. The third-order valence-electron chi connectivity index (χ3n) is 5.23. The van der Waals surface area contributed by atoms with Crippen LogP contribution in [0.2, 0.25) is 0 Å². The monoisotopic (exact) mass is 327 g/mol. The van der Waals surface area contributed by atoms with E-state index in [1.54, 1.807) is 31.2 Å². The molecule has 0 radical (unpaired) electrons. The molecule has 0 aliphatic carbocycles. The van der Waals surface area contributed by atoms with Gasteiger partial charge in [-0.1, -0.05) is 6.07 Å². The van der Waals surface area contributed by atoms with Crippen molar-refractivity contribution in [2.45, 2.75) is 50.8 Å². The third-order valence-corrected chi connectivity index (χ3v) is 5.23. The molecule has 1 amide bonds. The lowest BCUT2D eigenvalue weighted by Crippen LogP contribution is -2.50. The fourth-order valence-electron chi connectivity index (χ4n) is 4.02. The van der Waals surface area contributed by atoms with Crippen LogP contribution in [0.4, 0.5) is 0 Å². The van der Waals surface area contributed by atoms with Gasteiger partial charge in [0.15, 0.2) is 6.10 Å². The number of benzene rings is 1. The zero-order valence-electron chi connectivity index (χ0n) is 14.4. The van der Waals surface area contributed by atoms with Crippen LogP contribution in [0.3, 0.4) is 0 Å². The van der Waals surface area contributed by atoms with Gasteiger partial charge in [-0.15, -0.1) is 0 Å². The normalized spacial score (nSPS) is 25.5. The highest BCUT2D eigenvalue weighted by Crippen LogP contribution is 2.29. The van der Waals surface area contributed by atoms with Crippen LogP contribution >= 0.6 is 0 Å². The number of carbonyl (C=O) groups is 1. The van der Waals surface area contributed by atoms with Crippen LogP contribution in [0.15, 0.2) is 24.3 Å². The average Bonchev–Trinajstić information content (AvgIpc) is 3.22. The summed E-state index contributed by atoms with van der Waals surface area (Å²) in [6, 6.07) is 9.85. The van der Waals surface area contributed by atoms with Crippen molar-refractivity contribution in [2.75, 3.05) is 20.1 Å². The number of hydrogen-bond donors (Lipinski definition) is 0. The predicted molar refractivity (Wildman–Crippen MR) is 91.6 cm³/mol. The largest absolute Gasteiger partial charge is 0.481 e. The highest BCUT2D eigenvalue weighted by atomic mass is 16.5. The summed E-state index contributed by atoms with van der Waals surface area (Å²) in [4.78, 5) is 17.3. The van der Waals surface area contributed by atoms with Crippen molar-refractivity contribution in [1.82, 2.24) is 9.80 Å². The molecule has 2 saturated heterocycles. The lowest BCUT2D eigenvalue weighted by atomic mass is 10.0. The lowest BCUT2D eigenvalue weighted by Gasteiger charge is -2.34. The van der Waals surface area contributed by atoms with Gasteiger partial charge in [-0.3, -0.25) is 4.79 Å². The van der Waals surface area contributed by atoms with Crippen molar-refractivity contribution >= 4 is 5.91 Å². The molecule has 0 bridgehead atoms. The van der Waals surface area contributed by atoms with E-state index in [0.29, 0.717) is 23.4 Å². The van der Waals surface area contributed by atoms with Gasteiger partial charge < -0.3 is 14.5 Å². The van der Waals surface area contributed by atoms with E-state index in [-0.39, 0.29) is 5.91 Å². The van der Waals surface area contributed by atoms with Gasteiger partial charge in [0.2, 0.25) is 0 Å². The number of ether oxygens (including phenoxy) is 1. The van der Waals surface area contributed by atoms with Crippen LogP contribution in [0.25, 0.3) is 0 Å². The smallest absolute Gasteiger partial charge is 0.263 e. The summed E-state index contributed by atoms with van der Waals surface area (Å²) in [7, 11) is 2.16. The Morgan fingerprint density at radius 3 is 2.75 bits per heavy atom. The Balaban J connectivity index is 1.67. The quantitative estimate of drug-likeness (QED) is 0.852. The van der Waals surface area contributed by atoms with Gasteiger partial charge in [0.25, 0.3) is 5.91 Å². The molecule has 5 heteroatoms. The van der Waals surface area contributed by atoms with Crippen molar-refractivity contribution in [1.29, 1.82) is 5.26 Å². The molecule has 3 rings (SSSR count). The zero-order valence-corrected chi connectivity index (χ0v) is 14.4. The van der Waals surface area contributed by atoms with Gasteiger partial charge >= 0.3 is 0 Å². The summed E-state index contributed by atoms with van der Waals surface area (Å²) in [5.74, 6) is 0.629. The van der Waals surface area contributed by atoms with Crippen molar-refractivity contribution in [3.63, 3.8) is 0 Å². The SMILES string of the molecule is CC(Oc1cccc(C#N)c1)C(=O)N1CCCC1C1CCCN1C. The second kappa shape index (κ2) is 7.23. The fraction of sp³-hybridized carbons (Fsp3) is 0.579. The molecule has 2 fully saturated rings. The maximum Gasteiger partial charge on any atom is 0.263 e. The number of hydrogen-bond acceptors (Lipinski definition) is 4. The van der Waals surface area contributed by atoms with E-state index in [2.05, 4.69) is 18.0 Å². The van der Waals surface area contributed by atoms with Crippen molar-refractivity contribution < 1.29 is 9.53 Å². The Morgan fingerprint density at radius 2 is 2.04 bits per heavy atom. The lowest BCUT2D eigenvalue weighted by molar-refractivity contribution is -0.139. The summed E-state index contributed by atoms with van der Waals surface area (Å²) in [5, 5.41) is 8.97. The Kier molecular flexibility index (Phi) is 5.06. The maximum absolute atomic E-state index is 12.9. The van der Waals surface area contributed by atoms with Gasteiger partial charge in [-0.2, -0.15) is 5.26 Å². The van der Waals surface area contributed by atoms with Crippen molar-refractivity contribution in [2.24, 2.45) is 0 Å². The average molecular weight is 327 g/mol. The standard InChI is InChI=1S/C19H25N3O2/c1-14(24-16-7-3-6-15(12-16)13-20)19(23)22-11-5-9-18(22)17-8-4-10-21(17)2/h3,6-7,12,14,17-18H,4-5,8-11H2,1-2H3. The summed E-state index contributed by atoms with van der Waals surface area (Å²) in [6.07, 6.45) is 4.00. The van der Waals surface area contributed by atoms with Gasteiger partial charge in [0, 0.05) is 18.6 Å². The summed E-state index contributed by atoms with van der Waals surface area (Å²) < 4.78 is 5.81. The molecule has 0 aromatic heterocycles. The summed E-state index contributed by atoms with van der Waals surface area (Å²) in [5.41, 5.74) is 0.541. The minimum atomic E-state index is -0.536. The van der Waals surface area contributed by atoms with Gasteiger partial charge in [-0.05, 0) is 64.4 Å². The molecule has 24 heavy (non-hydrogen) atoms. The molecule has 2 aliphatic heterocycles. The second-order valence-electron chi connectivity index (χ2n) is 6.83. The minimum Gasteiger partial charge on any atom is -0.481 e. The van der Waals surface area contributed by atoms with Crippen LogP contribution in [0.5, 0.6) is 5.75 Å². The number of likely N-dealkylation sites (tertiary alicyclic amines) is 2. The van der Waals surface area contributed by atoms with Crippen LogP contribution in [-0.2, 0) is 4.79 Å². The van der Waals surface area contributed by atoms with Crippen molar-refractivity contribution in [3.8, 4) is 11.8 Å². The number of likely N-dealkylation sites (N-methyl/N-ethyl adjacent to an activating group) is 1. The maximum atomic E-state index is 12.9. The van der Waals surface area contributed by atoms with Crippen LogP contribution in [-0.4, -0.2) is 54.0 Å². The molecule has 3 atom stereocenters. The molecule has 5 nitrogen and oxygen atoms in total. The molecule has 0 spiro atoms. The molecule has 3 unspecified atom stereocenters. The number of nitriles is 1. The first-order chi connectivity index (χ1) is 11.6. The molecule has 1 aromatic carbocycles. The second-order valence-corrected chi connectivity index (χ2v) is 6.83. The zero-order chi connectivity index (χ0) is 17.1. The number of rotatable bonds is 4. The Morgan fingerprint density at radius 1 is 1.29 bits per heavy atom. The highest BCUT2D eigenvalue weighted by molar-refractivity contribution is 5.81. The minimum absolute atomic E-state index is 0.0557. The van der Waals surface area contributed by atoms with E-state index in [4.69, 9.17) is 10.00 Å². The van der Waals surface area contributed by atoms with Crippen LogP contribution in [0, 0.1) is 11.3 Å². The fourth-order valence-corrected chi connectivity index (χ4v) is 4.02. The third kappa shape index (κ3) is 3.39. The molecule has 2 aliphatic rings. The van der Waals surface area contributed by atoms with Gasteiger partial charge in [0.1, 0.15) is 5.75 Å². The summed E-state index contributed by atoms with van der Waals surface area (Å²) in [6.45, 7) is 3.74. The Hall–Kier alpha value is -2.06. The van der Waals surface area contributed by atoms with E-state index in [0.717, 1.165) is 25.9 Å². The van der Waals surface area contributed by atoms with E-state index < -0.39 is 6.10 Å². The molecule has 0 N–H and O–H groups in total. The van der Waals surface area contributed by atoms with Crippen LogP contribution < -0.4 is 4.74 Å². The number of amides is 1. The van der Waals surface area contributed by atoms with Crippen LogP contribution in [0.1, 0.15) is 38.2 Å². The molecule has 0 saturated carbocycles. The molecular weight excluding hydrogens is 302 g/mol. The summed E-state index contributed by atoms with van der Waals surface area (Å²) >= 11 is 0. The van der Waals surface area contributed by atoms with Gasteiger partial charge in [-0.25, -0.2) is 0 Å². The molecule has 2 heterocycles. The first kappa shape index (κ1) is 16.8. The Labute approximate surface area is 143 Å². The van der Waals surface area contributed by atoms with Gasteiger partial charge in [0.05, 0.1) is 11.6 Å². The van der Waals surface area contributed by atoms with E-state index >= 15 is 0 Å². The molecule has 1 aromatic rings. The molecule has 128 valence electrons. The van der Waals surface area contributed by atoms with Crippen molar-refractivity contribution in [3.05, 3.63) is 29.8 Å². The first-order valence-corrected chi connectivity index (χ1v) is 8.77. The van der Waals surface area contributed by atoms with E-state index in [9.17, 15) is 4.79 Å². The first-order valence-electron chi connectivity index (χ1n) is 8.77. The predicted octanol–water partition coefficient (Wildman–Crippen LogP) is 2.41. The number of nitrogens with zero attached hydrogens (tertiary/aromatic N) is 3. The Bertz CT molecular complexity index is 640. The highest BCUT2D eigenvalue weighted by Gasteiger charge is 2.39. The van der Waals surface area contributed by atoms with E-state index in [1.807, 2.05) is 4.90 Å².